The SMILES string of the molecule is CC1(C)CCCC1NC1CCN2CCCCC12. The third-order valence-corrected chi connectivity index (χ3v) is 5.53. The lowest BCUT2D eigenvalue weighted by Crippen LogP contribution is -2.50. The third-order valence-electron chi connectivity index (χ3n) is 5.53. The topological polar surface area (TPSA) is 15.3 Å². The summed E-state index contributed by atoms with van der Waals surface area (Å²) >= 11 is 0. The van der Waals surface area contributed by atoms with E-state index in [0.29, 0.717) is 5.41 Å². The molecule has 0 amide bonds. The van der Waals surface area contributed by atoms with Crippen LogP contribution in [0, 0.1) is 5.41 Å². The van der Waals surface area contributed by atoms with E-state index in [1.807, 2.05) is 0 Å². The lowest BCUT2D eigenvalue weighted by Gasteiger charge is -2.36. The highest BCUT2D eigenvalue weighted by molar-refractivity contribution is 4.99. The van der Waals surface area contributed by atoms with Crippen molar-refractivity contribution in [3.05, 3.63) is 0 Å². The number of nitrogens with one attached hydrogen (secondary N) is 1. The van der Waals surface area contributed by atoms with Gasteiger partial charge in [0.05, 0.1) is 0 Å². The first kappa shape index (κ1) is 12.0. The second-order valence-corrected chi connectivity index (χ2v) is 7.09. The van der Waals surface area contributed by atoms with E-state index in [-0.39, 0.29) is 0 Å². The standard InChI is InChI=1S/C15H28N2/c1-15(2)9-5-7-14(15)16-12-8-11-17-10-4-3-6-13(12)17/h12-14,16H,3-11H2,1-2H3. The predicted octanol–water partition coefficient (Wildman–Crippen LogP) is 2.78. The van der Waals surface area contributed by atoms with Crippen LogP contribution in [0.2, 0.25) is 0 Å². The van der Waals surface area contributed by atoms with Crippen molar-refractivity contribution in [2.45, 2.75) is 76.9 Å². The molecule has 17 heavy (non-hydrogen) atoms. The summed E-state index contributed by atoms with van der Waals surface area (Å²) in [6.45, 7) is 7.60. The van der Waals surface area contributed by atoms with Gasteiger partial charge in [-0.05, 0) is 44.1 Å². The number of piperidine rings is 1. The summed E-state index contributed by atoms with van der Waals surface area (Å²) < 4.78 is 0. The van der Waals surface area contributed by atoms with Crippen molar-refractivity contribution < 1.29 is 0 Å². The Hall–Kier alpha value is -0.0800. The average molecular weight is 236 g/mol. The Morgan fingerprint density at radius 1 is 1.00 bits per heavy atom. The molecule has 0 aromatic rings. The number of fused-ring (bicyclic) bond motifs is 1. The van der Waals surface area contributed by atoms with Gasteiger partial charge in [-0.15, -0.1) is 0 Å². The Morgan fingerprint density at radius 2 is 1.88 bits per heavy atom. The van der Waals surface area contributed by atoms with E-state index in [0.717, 1.165) is 18.1 Å². The van der Waals surface area contributed by atoms with Crippen LogP contribution in [0.15, 0.2) is 0 Å². The molecule has 2 saturated heterocycles. The van der Waals surface area contributed by atoms with E-state index in [9.17, 15) is 0 Å². The number of nitrogens with zero attached hydrogens (tertiary/aromatic N) is 1. The van der Waals surface area contributed by atoms with Crippen LogP contribution in [-0.4, -0.2) is 36.1 Å². The summed E-state index contributed by atoms with van der Waals surface area (Å²) in [5.74, 6) is 0. The zero-order valence-corrected chi connectivity index (χ0v) is 11.5. The average Bonchev–Trinajstić information content (AvgIpc) is 2.85. The molecule has 2 heterocycles. The molecule has 3 fully saturated rings. The van der Waals surface area contributed by atoms with Gasteiger partial charge in [0, 0.05) is 24.7 Å². The molecule has 0 bridgehead atoms. The summed E-state index contributed by atoms with van der Waals surface area (Å²) in [5.41, 5.74) is 0.530. The second kappa shape index (κ2) is 4.55. The van der Waals surface area contributed by atoms with E-state index in [4.69, 9.17) is 0 Å². The summed E-state index contributed by atoms with van der Waals surface area (Å²) in [7, 11) is 0. The lowest BCUT2D eigenvalue weighted by molar-refractivity contribution is 0.165. The fraction of sp³-hybridized carbons (Fsp3) is 1.00. The molecule has 98 valence electrons. The van der Waals surface area contributed by atoms with E-state index in [1.165, 1.54) is 58.0 Å². The fourth-order valence-corrected chi connectivity index (χ4v) is 4.34. The Bertz CT molecular complexity index is 274. The molecule has 3 unspecified atom stereocenters. The minimum absolute atomic E-state index is 0.530. The minimum Gasteiger partial charge on any atom is -0.309 e. The first-order valence-corrected chi connectivity index (χ1v) is 7.67. The van der Waals surface area contributed by atoms with Gasteiger partial charge in [0.2, 0.25) is 0 Å². The maximum absolute atomic E-state index is 4.03. The third kappa shape index (κ3) is 2.26. The molecule has 2 nitrogen and oxygen atoms in total. The summed E-state index contributed by atoms with van der Waals surface area (Å²) in [6.07, 6.45) is 9.93. The highest BCUT2D eigenvalue weighted by Gasteiger charge is 2.40. The van der Waals surface area contributed by atoms with Gasteiger partial charge in [-0.2, -0.15) is 0 Å². The van der Waals surface area contributed by atoms with Gasteiger partial charge >= 0.3 is 0 Å². The maximum atomic E-state index is 4.03. The largest absolute Gasteiger partial charge is 0.309 e. The molecule has 0 radical (unpaired) electrons. The lowest BCUT2D eigenvalue weighted by atomic mass is 9.86. The monoisotopic (exact) mass is 236 g/mol. The van der Waals surface area contributed by atoms with E-state index < -0.39 is 0 Å². The van der Waals surface area contributed by atoms with Crippen LogP contribution in [0.1, 0.15) is 58.8 Å². The van der Waals surface area contributed by atoms with Crippen LogP contribution in [0.5, 0.6) is 0 Å². The molecule has 1 aliphatic carbocycles. The van der Waals surface area contributed by atoms with E-state index in [1.54, 1.807) is 0 Å². The van der Waals surface area contributed by atoms with Crippen molar-refractivity contribution in [1.29, 1.82) is 0 Å². The molecule has 1 saturated carbocycles. The molecule has 0 aromatic carbocycles. The van der Waals surface area contributed by atoms with Crippen molar-refractivity contribution in [1.82, 2.24) is 10.2 Å². The van der Waals surface area contributed by atoms with Gasteiger partial charge in [0.1, 0.15) is 0 Å². The second-order valence-electron chi connectivity index (χ2n) is 7.09. The highest BCUT2D eigenvalue weighted by Crippen LogP contribution is 2.38. The van der Waals surface area contributed by atoms with Gasteiger partial charge < -0.3 is 5.32 Å². The van der Waals surface area contributed by atoms with Crippen LogP contribution in [0.4, 0.5) is 0 Å². The van der Waals surface area contributed by atoms with Gasteiger partial charge in [-0.3, -0.25) is 4.90 Å². The zero-order valence-electron chi connectivity index (χ0n) is 11.5. The Balaban J connectivity index is 1.62. The molecule has 3 rings (SSSR count). The van der Waals surface area contributed by atoms with E-state index in [2.05, 4.69) is 24.1 Å². The van der Waals surface area contributed by atoms with Crippen LogP contribution >= 0.6 is 0 Å². The number of hydrogen-bond donors (Lipinski definition) is 1. The smallest absolute Gasteiger partial charge is 0.0249 e. The number of rotatable bonds is 2. The fourth-order valence-electron chi connectivity index (χ4n) is 4.34. The quantitative estimate of drug-likeness (QED) is 0.793. The molecule has 3 atom stereocenters. The molecule has 1 N–H and O–H groups in total. The summed E-state index contributed by atoms with van der Waals surface area (Å²) in [4.78, 5) is 2.74. The van der Waals surface area contributed by atoms with Crippen molar-refractivity contribution >= 4 is 0 Å². The maximum Gasteiger partial charge on any atom is 0.0249 e. The molecule has 0 aromatic heterocycles. The normalized spacial score (nSPS) is 41.6. The first-order chi connectivity index (χ1) is 8.17. The zero-order chi connectivity index (χ0) is 11.9. The van der Waals surface area contributed by atoms with Crippen molar-refractivity contribution in [2.24, 2.45) is 5.41 Å². The van der Waals surface area contributed by atoms with Gasteiger partial charge in [-0.1, -0.05) is 26.7 Å². The van der Waals surface area contributed by atoms with Gasteiger partial charge in [0.25, 0.3) is 0 Å². The number of hydrogen-bond acceptors (Lipinski definition) is 2. The molecule has 2 heteroatoms. The molecular weight excluding hydrogens is 208 g/mol. The minimum atomic E-state index is 0.530. The summed E-state index contributed by atoms with van der Waals surface area (Å²) in [6, 6.07) is 2.42. The Morgan fingerprint density at radius 3 is 2.65 bits per heavy atom. The van der Waals surface area contributed by atoms with Crippen molar-refractivity contribution in [3.8, 4) is 0 Å². The van der Waals surface area contributed by atoms with Crippen LogP contribution < -0.4 is 5.32 Å². The Kier molecular flexibility index (Phi) is 3.20. The Labute approximate surface area is 106 Å². The predicted molar refractivity (Wildman–Crippen MR) is 72.2 cm³/mol. The molecule has 0 spiro atoms. The molecular formula is C15H28N2. The first-order valence-electron chi connectivity index (χ1n) is 7.67. The molecule has 3 aliphatic rings. The highest BCUT2D eigenvalue weighted by atomic mass is 15.2. The van der Waals surface area contributed by atoms with Gasteiger partial charge in [-0.25, -0.2) is 0 Å². The van der Waals surface area contributed by atoms with Crippen LogP contribution in [0.25, 0.3) is 0 Å². The van der Waals surface area contributed by atoms with Crippen molar-refractivity contribution in [3.63, 3.8) is 0 Å². The summed E-state index contributed by atoms with van der Waals surface area (Å²) in [5, 5.41) is 4.03. The molecule has 2 aliphatic heterocycles. The van der Waals surface area contributed by atoms with E-state index >= 15 is 0 Å². The van der Waals surface area contributed by atoms with Crippen LogP contribution in [0.3, 0.4) is 0 Å². The van der Waals surface area contributed by atoms with Crippen LogP contribution in [-0.2, 0) is 0 Å². The van der Waals surface area contributed by atoms with Gasteiger partial charge in [0.15, 0.2) is 0 Å². The van der Waals surface area contributed by atoms with Crippen molar-refractivity contribution in [2.75, 3.05) is 13.1 Å².